The van der Waals surface area contributed by atoms with Gasteiger partial charge < -0.3 is 4.74 Å². The van der Waals surface area contributed by atoms with E-state index in [2.05, 4.69) is 4.74 Å². The van der Waals surface area contributed by atoms with E-state index in [1.54, 1.807) is 19.9 Å². The van der Waals surface area contributed by atoms with Crippen molar-refractivity contribution in [1.29, 1.82) is 0 Å². The summed E-state index contributed by atoms with van der Waals surface area (Å²) in [5, 5.41) is 0. The quantitative estimate of drug-likeness (QED) is 0.532. The first-order valence-electron chi connectivity index (χ1n) is 4.60. The van der Waals surface area contributed by atoms with Crippen LogP contribution in [0.1, 0.15) is 13.8 Å². The van der Waals surface area contributed by atoms with E-state index in [0.29, 0.717) is 6.61 Å². The average molecular weight is 192 g/mol. The monoisotopic (exact) mass is 192 g/mol. The second-order valence-electron chi connectivity index (χ2n) is 2.41. The first kappa shape index (κ1) is 12.4. The molecule has 0 heterocycles. The summed E-state index contributed by atoms with van der Waals surface area (Å²) in [6.07, 6.45) is 3.04. The van der Waals surface area contributed by atoms with E-state index >= 15 is 0 Å². The molecule has 0 aliphatic carbocycles. The van der Waals surface area contributed by atoms with Crippen LogP contribution < -0.4 is 0 Å². The SMILES string of the molecule is CC=CC(=O)OCC.c1ccccc1. The topological polar surface area (TPSA) is 26.3 Å². The lowest BCUT2D eigenvalue weighted by molar-refractivity contribution is -0.137. The summed E-state index contributed by atoms with van der Waals surface area (Å²) in [6.45, 7) is 4.00. The molecule has 2 heteroatoms. The number of ether oxygens (including phenoxy) is 1. The minimum absolute atomic E-state index is 0.269. The van der Waals surface area contributed by atoms with Crippen molar-refractivity contribution in [2.75, 3.05) is 6.61 Å². The van der Waals surface area contributed by atoms with E-state index in [4.69, 9.17) is 0 Å². The second-order valence-corrected chi connectivity index (χ2v) is 2.41. The Morgan fingerprint density at radius 1 is 1.14 bits per heavy atom. The molecular weight excluding hydrogens is 176 g/mol. The van der Waals surface area contributed by atoms with Gasteiger partial charge in [-0.2, -0.15) is 0 Å². The van der Waals surface area contributed by atoms with E-state index in [0.717, 1.165) is 0 Å². The van der Waals surface area contributed by atoms with Crippen LogP contribution in [0.15, 0.2) is 48.6 Å². The van der Waals surface area contributed by atoms with E-state index in [-0.39, 0.29) is 5.97 Å². The molecule has 0 bridgehead atoms. The molecule has 0 spiro atoms. The van der Waals surface area contributed by atoms with Crippen LogP contribution in [-0.2, 0) is 9.53 Å². The van der Waals surface area contributed by atoms with Gasteiger partial charge in [0, 0.05) is 6.08 Å². The van der Waals surface area contributed by atoms with Gasteiger partial charge >= 0.3 is 5.97 Å². The molecule has 14 heavy (non-hydrogen) atoms. The number of rotatable bonds is 2. The predicted octanol–water partition coefficient (Wildman–Crippen LogP) is 2.81. The lowest BCUT2D eigenvalue weighted by Gasteiger charge is -1.91. The van der Waals surface area contributed by atoms with Crippen molar-refractivity contribution in [3.63, 3.8) is 0 Å². The van der Waals surface area contributed by atoms with Gasteiger partial charge in [0.1, 0.15) is 0 Å². The highest BCUT2D eigenvalue weighted by Gasteiger charge is 1.88. The largest absolute Gasteiger partial charge is 0.463 e. The lowest BCUT2D eigenvalue weighted by Crippen LogP contribution is -1.98. The number of carbonyl (C=O) groups excluding carboxylic acids is 1. The fourth-order valence-electron chi connectivity index (χ4n) is 0.711. The molecule has 0 aliphatic heterocycles. The van der Waals surface area contributed by atoms with Crippen LogP contribution >= 0.6 is 0 Å². The maximum absolute atomic E-state index is 10.3. The summed E-state index contributed by atoms with van der Waals surface area (Å²) in [5.41, 5.74) is 0. The summed E-state index contributed by atoms with van der Waals surface area (Å²) in [6, 6.07) is 12.0. The smallest absolute Gasteiger partial charge is 0.330 e. The van der Waals surface area contributed by atoms with Crippen molar-refractivity contribution in [3.05, 3.63) is 48.6 Å². The second kappa shape index (κ2) is 9.52. The van der Waals surface area contributed by atoms with Gasteiger partial charge in [-0.25, -0.2) is 4.79 Å². The molecule has 0 amide bonds. The van der Waals surface area contributed by atoms with Crippen molar-refractivity contribution in [1.82, 2.24) is 0 Å². The zero-order chi connectivity index (χ0) is 10.6. The third-order valence-electron chi connectivity index (χ3n) is 1.26. The first-order chi connectivity index (χ1) is 6.81. The molecule has 0 atom stereocenters. The molecule has 2 nitrogen and oxygen atoms in total. The van der Waals surface area contributed by atoms with Gasteiger partial charge in [-0.15, -0.1) is 0 Å². The molecule has 0 aliphatic rings. The van der Waals surface area contributed by atoms with Crippen LogP contribution in [0.4, 0.5) is 0 Å². The van der Waals surface area contributed by atoms with Crippen molar-refractivity contribution < 1.29 is 9.53 Å². The van der Waals surface area contributed by atoms with E-state index in [9.17, 15) is 4.79 Å². The Hall–Kier alpha value is -1.57. The van der Waals surface area contributed by atoms with Crippen LogP contribution in [0, 0.1) is 0 Å². The standard InChI is InChI=1S/C6H10O2.C6H6/c1-3-5-6(7)8-4-2;1-2-4-6-5-3-1/h3,5H,4H2,1-2H3;1-6H. The molecule has 0 aromatic heterocycles. The van der Waals surface area contributed by atoms with Crippen LogP contribution in [0.3, 0.4) is 0 Å². The van der Waals surface area contributed by atoms with Crippen molar-refractivity contribution in [2.45, 2.75) is 13.8 Å². The van der Waals surface area contributed by atoms with Crippen LogP contribution in [-0.4, -0.2) is 12.6 Å². The predicted molar refractivity (Wildman–Crippen MR) is 57.9 cm³/mol. The fourth-order valence-corrected chi connectivity index (χ4v) is 0.711. The average Bonchev–Trinajstić information content (AvgIpc) is 2.22. The molecule has 1 rings (SSSR count). The first-order valence-corrected chi connectivity index (χ1v) is 4.60. The summed E-state index contributed by atoms with van der Waals surface area (Å²) >= 11 is 0. The highest BCUT2D eigenvalue weighted by molar-refractivity contribution is 5.81. The van der Waals surface area contributed by atoms with Crippen LogP contribution in [0.5, 0.6) is 0 Å². The molecule has 0 fully saturated rings. The summed E-state index contributed by atoms with van der Waals surface area (Å²) in [5.74, 6) is -0.269. The van der Waals surface area contributed by atoms with Gasteiger partial charge in [-0.1, -0.05) is 42.5 Å². The zero-order valence-electron chi connectivity index (χ0n) is 8.64. The van der Waals surface area contributed by atoms with Gasteiger partial charge in [0.2, 0.25) is 0 Å². The summed E-state index contributed by atoms with van der Waals surface area (Å²) in [7, 11) is 0. The van der Waals surface area contributed by atoms with Crippen molar-refractivity contribution in [3.8, 4) is 0 Å². The van der Waals surface area contributed by atoms with Gasteiger partial charge in [-0.05, 0) is 13.8 Å². The lowest BCUT2D eigenvalue weighted by atomic mass is 10.4. The molecule has 1 aromatic rings. The summed E-state index contributed by atoms with van der Waals surface area (Å²) < 4.78 is 4.56. The number of carbonyl (C=O) groups is 1. The maximum Gasteiger partial charge on any atom is 0.330 e. The number of benzene rings is 1. The third-order valence-corrected chi connectivity index (χ3v) is 1.26. The molecule has 1 aromatic carbocycles. The Bertz CT molecular complexity index is 226. The molecule has 0 saturated heterocycles. The minimum atomic E-state index is -0.269. The highest BCUT2D eigenvalue weighted by atomic mass is 16.5. The number of esters is 1. The van der Waals surface area contributed by atoms with Gasteiger partial charge in [-0.3, -0.25) is 0 Å². The Labute approximate surface area is 85.2 Å². The molecular formula is C12H16O2. The molecule has 0 saturated carbocycles. The third kappa shape index (κ3) is 8.53. The zero-order valence-corrected chi connectivity index (χ0v) is 8.64. The fraction of sp³-hybridized carbons (Fsp3) is 0.250. The van der Waals surface area contributed by atoms with Crippen LogP contribution in [0.25, 0.3) is 0 Å². The maximum atomic E-state index is 10.3. The number of hydrogen-bond donors (Lipinski definition) is 0. The number of allylic oxidation sites excluding steroid dienone is 1. The van der Waals surface area contributed by atoms with E-state index < -0.39 is 0 Å². The highest BCUT2D eigenvalue weighted by Crippen LogP contribution is 1.80. The Balaban J connectivity index is 0.000000249. The Morgan fingerprint density at radius 2 is 1.57 bits per heavy atom. The van der Waals surface area contributed by atoms with Crippen LogP contribution in [0.2, 0.25) is 0 Å². The molecule has 0 N–H and O–H groups in total. The van der Waals surface area contributed by atoms with Gasteiger partial charge in [0.05, 0.1) is 6.61 Å². The Morgan fingerprint density at radius 3 is 1.86 bits per heavy atom. The van der Waals surface area contributed by atoms with Gasteiger partial charge in [0.15, 0.2) is 0 Å². The number of hydrogen-bond acceptors (Lipinski definition) is 2. The van der Waals surface area contributed by atoms with Gasteiger partial charge in [0.25, 0.3) is 0 Å². The van der Waals surface area contributed by atoms with Crippen molar-refractivity contribution >= 4 is 5.97 Å². The van der Waals surface area contributed by atoms with E-state index in [1.165, 1.54) is 6.08 Å². The molecule has 0 unspecified atom stereocenters. The minimum Gasteiger partial charge on any atom is -0.463 e. The molecule has 76 valence electrons. The van der Waals surface area contributed by atoms with E-state index in [1.807, 2.05) is 36.4 Å². The molecule has 0 radical (unpaired) electrons. The Kier molecular flexibility index (Phi) is 8.45. The summed E-state index contributed by atoms with van der Waals surface area (Å²) in [4.78, 5) is 10.3. The normalized spacial score (nSPS) is 9.00. The van der Waals surface area contributed by atoms with Crippen molar-refractivity contribution in [2.24, 2.45) is 0 Å².